The maximum Gasteiger partial charge on any atom is 0.471 e. The van der Waals surface area contributed by atoms with Crippen molar-refractivity contribution in [3.05, 3.63) is 24.2 Å². The normalized spacial score (nSPS) is 16.8. The third-order valence-electron chi connectivity index (χ3n) is 4.16. The third-order valence-corrected chi connectivity index (χ3v) is 4.16. The number of halogens is 3. The van der Waals surface area contributed by atoms with Gasteiger partial charge < -0.3 is 20.0 Å². The fourth-order valence-corrected chi connectivity index (χ4v) is 2.66. The molecule has 26 heavy (non-hydrogen) atoms. The van der Waals surface area contributed by atoms with E-state index >= 15 is 0 Å². The van der Waals surface area contributed by atoms with Crippen LogP contribution >= 0.6 is 0 Å². The van der Waals surface area contributed by atoms with Gasteiger partial charge >= 0.3 is 12.1 Å². The van der Waals surface area contributed by atoms with Crippen LogP contribution in [0.15, 0.2) is 22.8 Å². The molecule has 1 aliphatic rings. The molecule has 2 heterocycles. The molecule has 0 aliphatic carbocycles. The van der Waals surface area contributed by atoms with E-state index in [2.05, 4.69) is 10.6 Å². The topological polar surface area (TPSA) is 91.7 Å². The van der Waals surface area contributed by atoms with Crippen LogP contribution in [0.1, 0.15) is 25.5 Å². The molecule has 7 nitrogen and oxygen atoms in total. The van der Waals surface area contributed by atoms with Crippen LogP contribution in [0.2, 0.25) is 0 Å². The number of amides is 3. The second-order valence-electron chi connectivity index (χ2n) is 6.09. The molecule has 0 radical (unpaired) electrons. The minimum Gasteiger partial charge on any atom is -0.467 e. The standard InChI is InChI=1S/C16H20F3N3O4/c1-10(13(23)20-9-12-3-2-8-26-12)21-14(24)11-4-6-22(7-5-11)15(25)16(17,18)19/h2-3,8,10-11H,4-7,9H2,1H3,(H,20,23)(H,21,24)/t10-/m0/s1. The van der Waals surface area contributed by atoms with Crippen molar-refractivity contribution in [2.75, 3.05) is 13.1 Å². The monoisotopic (exact) mass is 375 g/mol. The minimum atomic E-state index is -4.91. The van der Waals surface area contributed by atoms with Crippen LogP contribution in [0.25, 0.3) is 0 Å². The van der Waals surface area contributed by atoms with Crippen molar-refractivity contribution in [3.8, 4) is 0 Å². The highest BCUT2D eigenvalue weighted by Crippen LogP contribution is 2.24. The zero-order chi connectivity index (χ0) is 19.3. The Morgan fingerprint density at radius 3 is 2.50 bits per heavy atom. The summed E-state index contributed by atoms with van der Waals surface area (Å²) in [5, 5.41) is 5.15. The molecule has 10 heteroatoms. The molecule has 1 saturated heterocycles. The first kappa shape index (κ1) is 19.8. The average Bonchev–Trinajstić information content (AvgIpc) is 3.11. The van der Waals surface area contributed by atoms with Gasteiger partial charge in [-0.1, -0.05) is 0 Å². The SMILES string of the molecule is C[C@H](NC(=O)C1CCN(C(=O)C(F)(F)F)CC1)C(=O)NCc1ccco1. The molecule has 1 fully saturated rings. The van der Waals surface area contributed by atoms with Crippen LogP contribution in [-0.4, -0.2) is 47.9 Å². The molecule has 0 unspecified atom stereocenters. The van der Waals surface area contributed by atoms with E-state index in [-0.39, 0.29) is 32.5 Å². The van der Waals surface area contributed by atoms with Gasteiger partial charge in [0, 0.05) is 19.0 Å². The molecule has 1 atom stereocenters. The first-order valence-corrected chi connectivity index (χ1v) is 8.15. The van der Waals surface area contributed by atoms with E-state index in [0.717, 1.165) is 0 Å². The smallest absolute Gasteiger partial charge is 0.467 e. The number of carbonyl (C=O) groups excluding carboxylic acids is 3. The van der Waals surface area contributed by atoms with Crippen LogP contribution < -0.4 is 10.6 Å². The van der Waals surface area contributed by atoms with Gasteiger partial charge in [-0.15, -0.1) is 0 Å². The highest BCUT2D eigenvalue weighted by Gasteiger charge is 2.43. The molecular formula is C16H20F3N3O4. The van der Waals surface area contributed by atoms with E-state index < -0.39 is 35.9 Å². The molecule has 1 aromatic heterocycles. The van der Waals surface area contributed by atoms with Crippen LogP contribution in [-0.2, 0) is 20.9 Å². The van der Waals surface area contributed by atoms with Crippen LogP contribution in [0.5, 0.6) is 0 Å². The number of piperidine rings is 1. The number of nitrogens with one attached hydrogen (secondary N) is 2. The van der Waals surface area contributed by atoms with Crippen molar-refractivity contribution in [1.29, 1.82) is 0 Å². The molecule has 1 aliphatic heterocycles. The van der Waals surface area contributed by atoms with Crippen molar-refractivity contribution in [3.63, 3.8) is 0 Å². The fourth-order valence-electron chi connectivity index (χ4n) is 2.66. The van der Waals surface area contributed by atoms with Gasteiger partial charge in [0.15, 0.2) is 0 Å². The summed E-state index contributed by atoms with van der Waals surface area (Å²) < 4.78 is 42.3. The number of hydrogen-bond donors (Lipinski definition) is 2. The number of carbonyl (C=O) groups is 3. The van der Waals surface area contributed by atoms with E-state index in [1.807, 2.05) is 0 Å². The second-order valence-corrected chi connectivity index (χ2v) is 6.09. The fraction of sp³-hybridized carbons (Fsp3) is 0.562. The predicted molar refractivity (Wildman–Crippen MR) is 83.5 cm³/mol. The quantitative estimate of drug-likeness (QED) is 0.809. The van der Waals surface area contributed by atoms with Crippen molar-refractivity contribution in [2.24, 2.45) is 5.92 Å². The lowest BCUT2D eigenvalue weighted by Gasteiger charge is -2.32. The average molecular weight is 375 g/mol. The van der Waals surface area contributed by atoms with E-state index in [1.165, 1.54) is 13.2 Å². The zero-order valence-corrected chi connectivity index (χ0v) is 14.1. The summed E-state index contributed by atoms with van der Waals surface area (Å²) in [6, 6.07) is 2.58. The minimum absolute atomic E-state index is 0.119. The van der Waals surface area contributed by atoms with E-state index in [1.54, 1.807) is 12.1 Å². The lowest BCUT2D eigenvalue weighted by Crippen LogP contribution is -2.50. The number of hydrogen-bond acceptors (Lipinski definition) is 4. The molecule has 144 valence electrons. The maximum absolute atomic E-state index is 12.4. The van der Waals surface area contributed by atoms with E-state index in [0.29, 0.717) is 10.7 Å². The van der Waals surface area contributed by atoms with Crippen molar-refractivity contribution in [2.45, 2.75) is 38.5 Å². The van der Waals surface area contributed by atoms with Crippen LogP contribution in [0, 0.1) is 5.92 Å². The lowest BCUT2D eigenvalue weighted by atomic mass is 9.95. The summed E-state index contributed by atoms with van der Waals surface area (Å²) in [6.45, 7) is 1.41. The summed E-state index contributed by atoms with van der Waals surface area (Å²) >= 11 is 0. The summed E-state index contributed by atoms with van der Waals surface area (Å²) in [5.41, 5.74) is 0. The van der Waals surface area contributed by atoms with E-state index in [4.69, 9.17) is 4.42 Å². The lowest BCUT2D eigenvalue weighted by molar-refractivity contribution is -0.186. The molecule has 0 spiro atoms. The Morgan fingerprint density at radius 2 is 1.96 bits per heavy atom. The maximum atomic E-state index is 12.4. The largest absolute Gasteiger partial charge is 0.471 e. The Kier molecular flexibility index (Phi) is 6.27. The number of nitrogens with zero attached hydrogens (tertiary/aromatic N) is 1. The van der Waals surface area contributed by atoms with Gasteiger partial charge in [0.2, 0.25) is 11.8 Å². The molecule has 2 N–H and O–H groups in total. The third kappa shape index (κ3) is 5.24. The van der Waals surface area contributed by atoms with Crippen molar-refractivity contribution >= 4 is 17.7 Å². The molecule has 0 bridgehead atoms. The molecule has 2 rings (SSSR count). The number of alkyl halides is 3. The summed E-state index contributed by atoms with van der Waals surface area (Å²) in [4.78, 5) is 36.0. The van der Waals surface area contributed by atoms with Crippen LogP contribution in [0.4, 0.5) is 13.2 Å². The Balaban J connectivity index is 1.75. The van der Waals surface area contributed by atoms with Crippen LogP contribution in [0.3, 0.4) is 0 Å². The van der Waals surface area contributed by atoms with Crippen molar-refractivity contribution in [1.82, 2.24) is 15.5 Å². The van der Waals surface area contributed by atoms with Gasteiger partial charge in [-0.3, -0.25) is 14.4 Å². The summed E-state index contributed by atoms with van der Waals surface area (Å²) in [7, 11) is 0. The highest BCUT2D eigenvalue weighted by atomic mass is 19.4. The van der Waals surface area contributed by atoms with Gasteiger partial charge in [0.25, 0.3) is 0 Å². The Labute approximate surface area is 147 Å². The Bertz CT molecular complexity index is 638. The second kappa shape index (κ2) is 8.24. The zero-order valence-electron chi connectivity index (χ0n) is 14.1. The first-order chi connectivity index (χ1) is 12.2. The number of rotatable bonds is 5. The summed E-state index contributed by atoms with van der Waals surface area (Å²) in [5.74, 6) is -2.67. The predicted octanol–water partition coefficient (Wildman–Crippen LogP) is 1.20. The van der Waals surface area contributed by atoms with E-state index in [9.17, 15) is 27.6 Å². The Hall–Kier alpha value is -2.52. The first-order valence-electron chi connectivity index (χ1n) is 8.15. The molecule has 0 aromatic carbocycles. The number of likely N-dealkylation sites (tertiary alicyclic amines) is 1. The molecule has 3 amide bonds. The highest BCUT2D eigenvalue weighted by molar-refractivity contribution is 5.88. The van der Waals surface area contributed by atoms with Gasteiger partial charge in [-0.25, -0.2) is 0 Å². The molecule has 1 aromatic rings. The van der Waals surface area contributed by atoms with Gasteiger partial charge in [0.1, 0.15) is 11.8 Å². The molecule has 0 saturated carbocycles. The van der Waals surface area contributed by atoms with Gasteiger partial charge in [0.05, 0.1) is 12.8 Å². The molecular weight excluding hydrogens is 355 g/mol. The Morgan fingerprint density at radius 1 is 1.31 bits per heavy atom. The van der Waals surface area contributed by atoms with Gasteiger partial charge in [-0.05, 0) is 31.9 Å². The van der Waals surface area contributed by atoms with Gasteiger partial charge in [-0.2, -0.15) is 13.2 Å². The van der Waals surface area contributed by atoms with Crippen molar-refractivity contribution < 1.29 is 32.0 Å². The number of furan rings is 1. The summed E-state index contributed by atoms with van der Waals surface area (Å²) in [6.07, 6.45) is -3.19.